The molecule has 2 aromatic heterocycles. The van der Waals surface area contributed by atoms with Crippen LogP contribution >= 0.6 is 11.8 Å². The molecule has 41 heteroatoms. The molecular weight excluding hydrogens is 1800 g/mol. The van der Waals surface area contributed by atoms with Crippen LogP contribution in [0.5, 0.6) is 0 Å². The first-order valence-corrected chi connectivity index (χ1v) is 48.8. The molecule has 754 valence electrons. The number of carbonyl (C=O) groups is 18. The van der Waals surface area contributed by atoms with Crippen molar-refractivity contribution in [2.45, 2.75) is 294 Å². The number of carboxylic acids is 2. The number of nitrogens with zero attached hydrogens (tertiary/aromatic N) is 6. The number of halogens is 1. The molecule has 39 nitrogen and oxygen atoms in total. The van der Waals surface area contributed by atoms with Gasteiger partial charge in [-0.05, 0) is 130 Å². The molecule has 138 heavy (non-hydrogen) atoms. The minimum atomic E-state index is -1.89. The number of hydrogen-bond donors (Lipinski definition) is 15. The number of para-hydroxylation sites is 2. The van der Waals surface area contributed by atoms with Gasteiger partial charge in [0.2, 0.25) is 88.6 Å². The van der Waals surface area contributed by atoms with Crippen LogP contribution in [0.25, 0.3) is 21.8 Å². The number of H-pyrrole nitrogens is 1. The van der Waals surface area contributed by atoms with Gasteiger partial charge < -0.3 is 109 Å². The normalized spacial score (nSPS) is 25.2. The van der Waals surface area contributed by atoms with Gasteiger partial charge in [0.25, 0.3) is 0 Å². The average molecular weight is 1940 g/mol. The number of unbranched alkanes of at least 4 members (excludes halogenated alkanes) is 2. The maximum absolute atomic E-state index is 16.0. The van der Waals surface area contributed by atoms with E-state index in [1.54, 1.807) is 103 Å². The van der Waals surface area contributed by atoms with E-state index in [-0.39, 0.29) is 121 Å². The number of aliphatic carboxylic acids is 2. The van der Waals surface area contributed by atoms with E-state index in [2.05, 4.69) is 52.8 Å². The lowest BCUT2D eigenvalue weighted by Gasteiger charge is -2.38. The summed E-state index contributed by atoms with van der Waals surface area (Å²) in [6.07, 6.45) is 0.641. The second kappa shape index (κ2) is 50.8. The number of rotatable bonds is 26. The van der Waals surface area contributed by atoms with Gasteiger partial charge in [0.05, 0.1) is 18.3 Å². The number of hydrogen-bond acceptors (Lipinski definition) is 21. The van der Waals surface area contributed by atoms with Gasteiger partial charge in [-0.2, -0.15) is 0 Å². The minimum Gasteiger partial charge on any atom is -0.481 e. The average Bonchev–Trinajstić information content (AvgIpc) is 1.63. The largest absolute Gasteiger partial charge is 0.481 e. The van der Waals surface area contributed by atoms with E-state index < -0.39 is 240 Å². The lowest BCUT2D eigenvalue weighted by molar-refractivity contribution is -0.149. The molecule has 0 bridgehead atoms. The molecule has 4 saturated heterocycles. The first-order chi connectivity index (χ1) is 65.4. The Labute approximate surface area is 806 Å². The predicted octanol–water partition coefficient (Wildman–Crippen LogP) is 2.65. The van der Waals surface area contributed by atoms with Crippen molar-refractivity contribution >= 4 is 140 Å². The Hall–Kier alpha value is -12.4. The molecule has 6 heterocycles. The van der Waals surface area contributed by atoms with E-state index in [1.165, 1.54) is 46.8 Å². The summed E-state index contributed by atoms with van der Waals surface area (Å²) in [6, 6.07) is -2.75. The van der Waals surface area contributed by atoms with Gasteiger partial charge in [0, 0.05) is 111 Å². The molecule has 0 spiro atoms. The summed E-state index contributed by atoms with van der Waals surface area (Å²) in [5, 5.41) is 57.7. The van der Waals surface area contributed by atoms with Crippen molar-refractivity contribution in [2.24, 2.45) is 28.7 Å². The number of fused-ring (bicyclic) bond motifs is 5. The van der Waals surface area contributed by atoms with Gasteiger partial charge >= 0.3 is 11.9 Å². The number of aliphatic hydroxyl groups excluding tert-OH is 1. The predicted molar refractivity (Wildman–Crippen MR) is 510 cm³/mol. The molecule has 4 fully saturated rings. The molecule has 17 N–H and O–H groups in total. The summed E-state index contributed by atoms with van der Waals surface area (Å²) < 4.78 is 15.9. The number of nitrogens with one attached hydrogen (secondary N) is 10. The Bertz CT molecular complexity index is 5220. The fraction of sp³-hybridized carbons (Fsp3) is 0.588. The summed E-state index contributed by atoms with van der Waals surface area (Å²) in [5.74, 6) is -19.0. The summed E-state index contributed by atoms with van der Waals surface area (Å²) in [7, 11) is 2.72. The topological polar surface area (TPSA) is 565 Å². The molecule has 0 unspecified atom stereocenters. The third-order valence-electron chi connectivity index (χ3n) is 25.7. The number of aromatic nitrogens is 2. The highest BCUT2D eigenvalue weighted by molar-refractivity contribution is 8.00. The number of carboxylic acid groups (broad SMARTS) is 2. The van der Waals surface area contributed by atoms with Crippen molar-refractivity contribution in [3.63, 3.8) is 0 Å². The third-order valence-corrected chi connectivity index (χ3v) is 26.7. The van der Waals surface area contributed by atoms with E-state index in [0.29, 0.717) is 77.0 Å². The second-order valence-corrected chi connectivity index (χ2v) is 39.3. The molecule has 0 saturated carbocycles. The first-order valence-electron chi connectivity index (χ1n) is 47.7. The van der Waals surface area contributed by atoms with Crippen LogP contribution in [-0.4, -0.2) is 298 Å². The molecule has 4 aliphatic heterocycles. The number of amides is 15. The van der Waals surface area contributed by atoms with Crippen LogP contribution in [0.15, 0.2) is 85.2 Å². The number of thioether (sulfide) groups is 1. The molecule has 9 rings (SSSR count). The highest BCUT2D eigenvalue weighted by Gasteiger charge is 2.48. The number of primary amides is 1. The van der Waals surface area contributed by atoms with Crippen LogP contribution in [0, 0.1) is 23.1 Å². The van der Waals surface area contributed by atoms with Crippen LogP contribution in [-0.2, 0) is 112 Å². The SMILES string of the molecule is CCCC[C@H]1C(=O)N(C)[C@@H](CCCC)C(=O)N[C@@H](CC(C)C)C(=O)N[C@H](C(N)=O)CSCC(=O)N[C@@H](Cc2ccc(F)cc2)C(=O)N2CCCC[C@H]2C(=O)N[C@@H](CC(=O)O)C(=O)N2CCC[C@H]2C(=O)N[C@@H](CCC(=O)C(C)(C)C)C(=O)N[C@@H](CC(C)C)C(=O)N2C[C@H](O)C[C@H]2C(=O)N[C@@H](Cc2c[nH]c3ccccc23)C(=O)N[C@@H](CCN)C(=O)N[C@@H](Cc2cn(CC(=O)O)c3ccccc23)C(=O)N1C. The summed E-state index contributed by atoms with van der Waals surface area (Å²) in [5.41, 5.74) is 13.5. The molecular formula is C97H137FN18O21S. The molecule has 0 aliphatic carbocycles. The maximum Gasteiger partial charge on any atom is 0.323 e. The highest BCUT2D eigenvalue weighted by atomic mass is 32.2. The maximum atomic E-state index is 16.0. The van der Waals surface area contributed by atoms with E-state index >= 15 is 52.7 Å². The van der Waals surface area contributed by atoms with Gasteiger partial charge in [0.1, 0.15) is 103 Å². The van der Waals surface area contributed by atoms with Gasteiger partial charge in [-0.25, -0.2) is 4.39 Å². The van der Waals surface area contributed by atoms with Crippen LogP contribution in [0.1, 0.15) is 195 Å². The number of aromatic amines is 1. The Morgan fingerprint density at radius 2 is 1.04 bits per heavy atom. The lowest BCUT2D eigenvalue weighted by Crippen LogP contribution is -2.61. The number of piperidine rings is 1. The Morgan fingerprint density at radius 3 is 1.66 bits per heavy atom. The van der Waals surface area contributed by atoms with E-state index in [9.17, 15) is 53.3 Å². The third kappa shape index (κ3) is 29.8. The van der Waals surface area contributed by atoms with Gasteiger partial charge in [-0.15, -0.1) is 11.8 Å². The Kier molecular flexibility index (Phi) is 40.2. The van der Waals surface area contributed by atoms with Gasteiger partial charge in [-0.1, -0.05) is 137 Å². The summed E-state index contributed by atoms with van der Waals surface area (Å²) in [4.78, 5) is 274. The van der Waals surface area contributed by atoms with Crippen LogP contribution in [0.2, 0.25) is 0 Å². The lowest BCUT2D eigenvalue weighted by atomic mass is 9.87. The molecule has 3 aromatic carbocycles. The molecule has 15 amide bonds. The van der Waals surface area contributed by atoms with Gasteiger partial charge in [0.15, 0.2) is 0 Å². The highest BCUT2D eigenvalue weighted by Crippen LogP contribution is 2.31. The fourth-order valence-electron chi connectivity index (χ4n) is 18.2. The molecule has 4 aliphatic rings. The van der Waals surface area contributed by atoms with E-state index in [4.69, 9.17) is 11.5 Å². The van der Waals surface area contributed by atoms with Crippen molar-refractivity contribution in [3.05, 3.63) is 108 Å². The second-order valence-electron chi connectivity index (χ2n) is 38.3. The van der Waals surface area contributed by atoms with Crippen LogP contribution in [0.4, 0.5) is 4.39 Å². The quantitative estimate of drug-likeness (QED) is 0.0378. The number of carbonyl (C=O) groups excluding carboxylic acids is 16. The van der Waals surface area contributed by atoms with Gasteiger partial charge in [-0.3, -0.25) is 86.3 Å². The van der Waals surface area contributed by atoms with Crippen molar-refractivity contribution in [2.75, 3.05) is 51.8 Å². The van der Waals surface area contributed by atoms with Crippen molar-refractivity contribution in [3.8, 4) is 0 Å². The zero-order valence-electron chi connectivity index (χ0n) is 80.5. The monoisotopic (exact) mass is 1940 g/mol. The first kappa shape index (κ1) is 109. The smallest absolute Gasteiger partial charge is 0.323 e. The number of benzene rings is 3. The fourth-order valence-corrected chi connectivity index (χ4v) is 19.1. The Balaban J connectivity index is 1.12. The van der Waals surface area contributed by atoms with E-state index in [0.717, 1.165) is 38.6 Å². The van der Waals surface area contributed by atoms with Crippen LogP contribution < -0.4 is 59.3 Å². The standard InChI is InChI=1S/C97H137FN18O21S/c1-12-14-26-74-88(129)105-66(41-54(3)4)86(127)110-72(83(100)124)52-138-53-80(119)102-69(43-56-31-33-59(98)34-32-56)93(134)114-39-21-20-29-75(114)90(131)109-71(47-81(120)121)94(135)115-40-22-30-76(115)89(130)104-64(35-36-79(118)97(7,8)9)84(125)107-68(42-55(5)6)95(136)116-50-60(117)46-78(116)91(132)106-67(44-57-48-101-63-25-18-16-23-61(57)63)87(128)103-65(37-38-99)85(126)108-70(92(133)112(11)77(27-15-13-2)96(137)111(74)10)45-58-49-113(51-82(122)123)73-28-19-17-24-62(58)73/h16-19,23-25,28,31-34,48-49,54-55,60,64-72,74-78,101,117H,12-15,20-22,26-27,29-30,35-47,50-53,99H2,1-11H3,(H2,100,124)(H,102,119)(H,103,128)(H,104,130)(H,105,129)(H,106,132)(H,107,125)(H,108,126)(H,109,131)(H,110,127)(H,120,121)(H,122,123)/t60-,64+,65+,66+,67+,68+,69+,70+,71+,72+,74+,75+,76+,77+,78+/m1/s1. The van der Waals surface area contributed by atoms with Crippen molar-refractivity contribution < 1.29 is 106 Å². The van der Waals surface area contributed by atoms with Crippen molar-refractivity contribution in [1.29, 1.82) is 0 Å². The zero-order valence-corrected chi connectivity index (χ0v) is 81.3. The summed E-state index contributed by atoms with van der Waals surface area (Å²) in [6.45, 7) is 14.1. The Morgan fingerprint density at radius 1 is 0.522 bits per heavy atom. The minimum absolute atomic E-state index is 0.00793. The number of Topliss-reactive ketones (excluding diaryl/α,β-unsaturated/α-hetero) is 1. The number of likely N-dealkylation sites (N-methyl/N-ethyl adjacent to an activating group) is 2. The zero-order chi connectivity index (χ0) is 101. The molecule has 0 radical (unpaired) electrons. The molecule has 15 atom stereocenters. The number of aliphatic hydroxyl groups is 1. The number of nitrogens with two attached hydrogens (primary N) is 2. The van der Waals surface area contributed by atoms with E-state index in [1.807, 2.05) is 13.8 Å². The number of ketones is 1. The van der Waals surface area contributed by atoms with Crippen molar-refractivity contribution in [1.82, 2.24) is 81.9 Å². The van der Waals surface area contributed by atoms with Crippen LogP contribution in [0.3, 0.4) is 0 Å². The molecule has 5 aromatic rings. The summed E-state index contributed by atoms with van der Waals surface area (Å²) >= 11 is 0.818.